The van der Waals surface area contributed by atoms with E-state index in [4.69, 9.17) is 10.2 Å². The van der Waals surface area contributed by atoms with Gasteiger partial charge in [0.05, 0.1) is 6.61 Å². The van der Waals surface area contributed by atoms with Crippen LogP contribution in [0.25, 0.3) is 0 Å². The molecule has 0 aliphatic carbocycles. The maximum absolute atomic E-state index is 9.56. The molecule has 0 amide bonds. The van der Waals surface area contributed by atoms with Crippen LogP contribution in [0.3, 0.4) is 0 Å². The number of carboxylic acids is 1. The molecule has 0 saturated carbocycles. The second-order valence-electron chi connectivity index (χ2n) is 0.923. The molecular formula is C4H7LiO3. The Balaban J connectivity index is -0.000000180. The molecule has 0 spiro atoms. The van der Waals surface area contributed by atoms with Gasteiger partial charge < -0.3 is 11.6 Å². The summed E-state index contributed by atoms with van der Waals surface area (Å²) in [7, 11) is 0. The molecule has 0 bridgehead atoms. The van der Waals surface area contributed by atoms with Crippen LogP contribution in [0.15, 0.2) is 12.2 Å². The molecule has 0 aromatic rings. The van der Waals surface area contributed by atoms with Gasteiger partial charge in [-0.25, -0.2) is 4.79 Å². The summed E-state index contributed by atoms with van der Waals surface area (Å²) in [4.78, 5) is 9.56. The van der Waals surface area contributed by atoms with Crippen LogP contribution >= 0.6 is 0 Å². The standard InChI is InChI=1S/C4H6O3.Li.H/c5-3-1-2-4(6)7;;/h1-2,5H,3H2,(H,6,7);;/q;+1;-1. The van der Waals surface area contributed by atoms with Crippen molar-refractivity contribution in [3.05, 3.63) is 12.2 Å². The van der Waals surface area contributed by atoms with Crippen LogP contribution in [-0.4, -0.2) is 22.8 Å². The maximum Gasteiger partial charge on any atom is 1.00 e. The van der Waals surface area contributed by atoms with E-state index in [0.717, 1.165) is 12.2 Å². The van der Waals surface area contributed by atoms with E-state index in [0.29, 0.717) is 0 Å². The Hall–Kier alpha value is -0.233. The van der Waals surface area contributed by atoms with Crippen molar-refractivity contribution in [2.24, 2.45) is 0 Å². The maximum atomic E-state index is 9.56. The molecule has 0 atom stereocenters. The predicted octanol–water partition coefficient (Wildman–Crippen LogP) is -3.26. The molecule has 4 heteroatoms. The van der Waals surface area contributed by atoms with Crippen LogP contribution in [0, 0.1) is 0 Å². The largest absolute Gasteiger partial charge is 1.00 e. The van der Waals surface area contributed by atoms with Gasteiger partial charge in [0.1, 0.15) is 0 Å². The van der Waals surface area contributed by atoms with Crippen molar-refractivity contribution in [1.29, 1.82) is 0 Å². The first-order chi connectivity index (χ1) is 3.27. The Bertz CT molecular complexity index is 93.8. The molecule has 0 rings (SSSR count). The number of hydrogen-bond acceptors (Lipinski definition) is 2. The van der Waals surface area contributed by atoms with Crippen molar-refractivity contribution in [3.63, 3.8) is 0 Å². The van der Waals surface area contributed by atoms with Gasteiger partial charge in [-0.05, 0) is 0 Å². The van der Waals surface area contributed by atoms with Gasteiger partial charge in [0.25, 0.3) is 0 Å². The number of hydrogen-bond donors (Lipinski definition) is 2. The van der Waals surface area contributed by atoms with Crippen molar-refractivity contribution >= 4 is 5.97 Å². The monoisotopic (exact) mass is 110 g/mol. The molecule has 0 radical (unpaired) electrons. The fourth-order valence-corrected chi connectivity index (χ4v) is 0.154. The molecule has 0 aromatic heterocycles. The molecule has 42 valence electrons. The summed E-state index contributed by atoms with van der Waals surface area (Å²) in [5, 5.41) is 15.8. The first-order valence-electron chi connectivity index (χ1n) is 1.77. The summed E-state index contributed by atoms with van der Waals surface area (Å²) in [6, 6.07) is 0. The summed E-state index contributed by atoms with van der Waals surface area (Å²) < 4.78 is 0. The number of aliphatic carboxylic acids is 1. The third-order valence-corrected chi connectivity index (χ3v) is 0.366. The van der Waals surface area contributed by atoms with Crippen LogP contribution in [-0.2, 0) is 4.79 Å². The quantitative estimate of drug-likeness (QED) is 0.290. The molecule has 2 N–H and O–H groups in total. The third kappa shape index (κ3) is 9.24. The zero-order valence-electron chi connectivity index (χ0n) is 5.66. The molecule has 0 unspecified atom stereocenters. The van der Waals surface area contributed by atoms with Gasteiger partial charge >= 0.3 is 24.8 Å². The Kier molecular flexibility index (Phi) is 9.05. The van der Waals surface area contributed by atoms with E-state index in [1.54, 1.807) is 0 Å². The zero-order valence-corrected chi connectivity index (χ0v) is 4.66. The minimum absolute atomic E-state index is 0. The molecule has 8 heavy (non-hydrogen) atoms. The SMILES string of the molecule is O=C(O)C=CCO.[H-].[Li+]. The summed E-state index contributed by atoms with van der Waals surface area (Å²) in [5.74, 6) is -1.03. The number of aliphatic hydroxyl groups excluding tert-OH is 1. The van der Waals surface area contributed by atoms with E-state index in [2.05, 4.69) is 0 Å². The number of rotatable bonds is 2. The average molecular weight is 110 g/mol. The third-order valence-electron chi connectivity index (χ3n) is 0.366. The minimum atomic E-state index is -1.03. The van der Waals surface area contributed by atoms with Crippen molar-refractivity contribution in [3.8, 4) is 0 Å². The van der Waals surface area contributed by atoms with Gasteiger partial charge in [0.2, 0.25) is 0 Å². The van der Waals surface area contributed by atoms with Crippen LogP contribution in [0.2, 0.25) is 0 Å². The molecule has 3 nitrogen and oxygen atoms in total. The summed E-state index contributed by atoms with van der Waals surface area (Å²) in [5.41, 5.74) is 0. The predicted molar refractivity (Wildman–Crippen MR) is 25.0 cm³/mol. The topological polar surface area (TPSA) is 57.5 Å². The van der Waals surface area contributed by atoms with Crippen molar-refractivity contribution in [2.75, 3.05) is 6.61 Å². The summed E-state index contributed by atoms with van der Waals surface area (Å²) in [6.07, 6.45) is 2.04. The van der Waals surface area contributed by atoms with E-state index in [1.807, 2.05) is 0 Å². The zero-order chi connectivity index (χ0) is 5.70. The van der Waals surface area contributed by atoms with E-state index in [-0.39, 0.29) is 26.9 Å². The smallest absolute Gasteiger partial charge is 1.00 e. The van der Waals surface area contributed by atoms with Gasteiger partial charge in [0.15, 0.2) is 0 Å². The van der Waals surface area contributed by atoms with Gasteiger partial charge in [-0.3, -0.25) is 0 Å². The van der Waals surface area contributed by atoms with E-state index < -0.39 is 5.97 Å². The molecule has 0 aliphatic rings. The number of carbonyl (C=O) groups is 1. The molecular weight excluding hydrogens is 103 g/mol. The normalized spacial score (nSPS) is 8.62. The number of carboxylic acid groups (broad SMARTS) is 1. The Morgan fingerprint density at radius 3 is 2.38 bits per heavy atom. The minimum Gasteiger partial charge on any atom is -1.00 e. The van der Waals surface area contributed by atoms with Gasteiger partial charge in [-0.2, -0.15) is 0 Å². The molecule has 0 fully saturated rings. The van der Waals surface area contributed by atoms with Crippen LogP contribution < -0.4 is 18.9 Å². The molecule has 0 heterocycles. The van der Waals surface area contributed by atoms with Gasteiger partial charge in [0, 0.05) is 6.08 Å². The number of aliphatic hydroxyl groups is 1. The van der Waals surface area contributed by atoms with Crippen LogP contribution in [0.5, 0.6) is 0 Å². The summed E-state index contributed by atoms with van der Waals surface area (Å²) in [6.45, 7) is -0.216. The molecule has 0 aromatic carbocycles. The van der Waals surface area contributed by atoms with Crippen LogP contribution in [0.4, 0.5) is 0 Å². The molecule has 0 saturated heterocycles. The van der Waals surface area contributed by atoms with E-state index in [9.17, 15) is 4.79 Å². The van der Waals surface area contributed by atoms with E-state index in [1.165, 1.54) is 0 Å². The first kappa shape index (κ1) is 10.7. The fraction of sp³-hybridized carbons (Fsp3) is 0.250. The van der Waals surface area contributed by atoms with Crippen molar-refractivity contribution in [1.82, 2.24) is 0 Å². The average Bonchev–Trinajstić information content (AvgIpc) is 1.61. The van der Waals surface area contributed by atoms with Gasteiger partial charge in [-0.15, -0.1) is 0 Å². The van der Waals surface area contributed by atoms with Crippen molar-refractivity contribution in [2.45, 2.75) is 0 Å². The Morgan fingerprint density at radius 2 is 2.25 bits per heavy atom. The molecule has 0 aliphatic heterocycles. The van der Waals surface area contributed by atoms with E-state index >= 15 is 0 Å². The summed E-state index contributed by atoms with van der Waals surface area (Å²) >= 11 is 0. The van der Waals surface area contributed by atoms with Crippen LogP contribution in [0.1, 0.15) is 1.43 Å². The second-order valence-corrected chi connectivity index (χ2v) is 0.923. The Labute approximate surface area is 60.7 Å². The van der Waals surface area contributed by atoms with Crippen molar-refractivity contribution < 1.29 is 35.3 Å². The Morgan fingerprint density at radius 1 is 1.75 bits per heavy atom. The first-order valence-corrected chi connectivity index (χ1v) is 1.77. The fourth-order valence-electron chi connectivity index (χ4n) is 0.154. The van der Waals surface area contributed by atoms with Gasteiger partial charge in [-0.1, -0.05) is 6.08 Å². The second kappa shape index (κ2) is 6.77.